The second-order valence-electron chi connectivity index (χ2n) is 2.72. The fraction of sp³-hybridized carbons (Fsp3) is 0.714. The van der Waals surface area contributed by atoms with Crippen LogP contribution in [0.25, 0.3) is 0 Å². The molecule has 0 bridgehead atoms. The van der Waals surface area contributed by atoms with Crippen molar-refractivity contribution in [1.29, 1.82) is 0 Å². The van der Waals surface area contributed by atoms with Crippen molar-refractivity contribution in [2.45, 2.75) is 19.8 Å². The molecule has 0 spiro atoms. The van der Waals surface area contributed by atoms with Gasteiger partial charge in [-0.15, -0.1) is 0 Å². The lowest BCUT2D eigenvalue weighted by atomic mass is 10.0. The van der Waals surface area contributed by atoms with Gasteiger partial charge in [-0.05, 0) is 26.5 Å². The van der Waals surface area contributed by atoms with E-state index in [0.29, 0.717) is 6.54 Å². The summed E-state index contributed by atoms with van der Waals surface area (Å²) in [5.41, 5.74) is -0.0677. The molecule has 0 aliphatic heterocycles. The van der Waals surface area contributed by atoms with E-state index in [1.165, 1.54) is 0 Å². The summed E-state index contributed by atoms with van der Waals surface area (Å²) in [5.74, 6) is 0.273. The molecule has 0 heterocycles. The van der Waals surface area contributed by atoms with E-state index in [0.717, 1.165) is 12.8 Å². The molecule has 0 aromatic carbocycles. The van der Waals surface area contributed by atoms with Gasteiger partial charge in [-0.1, -0.05) is 0 Å². The molecule has 0 unspecified atom stereocenters. The number of ketones is 1. The summed E-state index contributed by atoms with van der Waals surface area (Å²) >= 11 is 0. The minimum absolute atomic E-state index is 0.0677. The molecule has 0 radical (unpaired) electrons. The standard InChI is InChI=1S/C7H11NO/c1-6(9)7(3-4-7)5-8-2/h2-5H2,1H3. The Labute approximate surface area is 55.0 Å². The van der Waals surface area contributed by atoms with Crippen LogP contribution in [0.5, 0.6) is 0 Å². The van der Waals surface area contributed by atoms with Crippen molar-refractivity contribution in [1.82, 2.24) is 0 Å². The van der Waals surface area contributed by atoms with Crippen LogP contribution in [0.1, 0.15) is 19.8 Å². The van der Waals surface area contributed by atoms with E-state index in [-0.39, 0.29) is 11.2 Å². The first-order chi connectivity index (χ1) is 4.21. The van der Waals surface area contributed by atoms with E-state index in [1.807, 2.05) is 0 Å². The third-order valence-corrected chi connectivity index (χ3v) is 2.01. The van der Waals surface area contributed by atoms with Gasteiger partial charge < -0.3 is 0 Å². The predicted octanol–water partition coefficient (Wildman–Crippen LogP) is 1.06. The maximum absolute atomic E-state index is 10.8. The topological polar surface area (TPSA) is 29.4 Å². The molecule has 1 aliphatic carbocycles. The largest absolute Gasteiger partial charge is 0.300 e. The lowest BCUT2D eigenvalue weighted by Crippen LogP contribution is -2.14. The summed E-state index contributed by atoms with van der Waals surface area (Å²) in [5, 5.41) is 0. The Bertz CT molecular complexity index is 147. The predicted molar refractivity (Wildman–Crippen MR) is 36.8 cm³/mol. The highest BCUT2D eigenvalue weighted by molar-refractivity contribution is 5.85. The van der Waals surface area contributed by atoms with Crippen molar-refractivity contribution in [3.8, 4) is 0 Å². The third kappa shape index (κ3) is 1.02. The Balaban J connectivity index is 2.52. The van der Waals surface area contributed by atoms with Gasteiger partial charge in [0.1, 0.15) is 5.78 Å². The average molecular weight is 125 g/mol. The Morgan fingerprint density at radius 3 is 2.44 bits per heavy atom. The number of carbonyl (C=O) groups is 1. The van der Waals surface area contributed by atoms with E-state index >= 15 is 0 Å². The number of aliphatic imine (C=N–C) groups is 1. The molecule has 0 saturated heterocycles. The van der Waals surface area contributed by atoms with Crippen molar-refractivity contribution in [3.05, 3.63) is 0 Å². The molecule has 1 rings (SSSR count). The number of hydrogen-bond donors (Lipinski definition) is 0. The fourth-order valence-electron chi connectivity index (χ4n) is 0.986. The normalized spacial score (nSPS) is 21.0. The first-order valence-electron chi connectivity index (χ1n) is 3.15. The van der Waals surface area contributed by atoms with Gasteiger partial charge in [0.25, 0.3) is 0 Å². The minimum Gasteiger partial charge on any atom is -0.300 e. The minimum atomic E-state index is -0.0677. The SMILES string of the molecule is C=NCC1(C(C)=O)CC1. The van der Waals surface area contributed by atoms with Crippen LogP contribution in [0, 0.1) is 5.41 Å². The molecular formula is C7H11NO. The van der Waals surface area contributed by atoms with Crippen LogP contribution in [-0.2, 0) is 4.79 Å². The smallest absolute Gasteiger partial charge is 0.137 e. The highest BCUT2D eigenvalue weighted by atomic mass is 16.1. The molecule has 2 heteroatoms. The summed E-state index contributed by atoms with van der Waals surface area (Å²) in [7, 11) is 0. The van der Waals surface area contributed by atoms with E-state index in [1.54, 1.807) is 6.92 Å². The Morgan fingerprint density at radius 2 is 2.33 bits per heavy atom. The van der Waals surface area contributed by atoms with E-state index < -0.39 is 0 Å². The number of carbonyl (C=O) groups excluding carboxylic acids is 1. The summed E-state index contributed by atoms with van der Waals surface area (Å²) in [6, 6.07) is 0. The van der Waals surface area contributed by atoms with Gasteiger partial charge >= 0.3 is 0 Å². The second kappa shape index (κ2) is 1.94. The van der Waals surface area contributed by atoms with Crippen LogP contribution < -0.4 is 0 Å². The van der Waals surface area contributed by atoms with Gasteiger partial charge in [-0.25, -0.2) is 0 Å². The molecule has 0 amide bonds. The molecule has 1 saturated carbocycles. The maximum Gasteiger partial charge on any atom is 0.137 e. The third-order valence-electron chi connectivity index (χ3n) is 2.01. The zero-order valence-electron chi connectivity index (χ0n) is 5.68. The number of nitrogens with zero attached hydrogens (tertiary/aromatic N) is 1. The first-order valence-corrected chi connectivity index (χ1v) is 3.15. The summed E-state index contributed by atoms with van der Waals surface area (Å²) in [6.45, 7) is 5.63. The Morgan fingerprint density at radius 1 is 1.78 bits per heavy atom. The van der Waals surface area contributed by atoms with E-state index in [2.05, 4.69) is 11.7 Å². The molecule has 9 heavy (non-hydrogen) atoms. The maximum atomic E-state index is 10.8. The lowest BCUT2D eigenvalue weighted by Gasteiger charge is -2.04. The molecule has 1 fully saturated rings. The molecule has 0 atom stereocenters. The summed E-state index contributed by atoms with van der Waals surface area (Å²) in [6.07, 6.45) is 2.03. The summed E-state index contributed by atoms with van der Waals surface area (Å²) in [4.78, 5) is 14.6. The Kier molecular flexibility index (Phi) is 1.39. The summed E-state index contributed by atoms with van der Waals surface area (Å²) < 4.78 is 0. The molecule has 0 aromatic heterocycles. The number of Topliss-reactive ketones (excluding diaryl/α,β-unsaturated/α-hetero) is 1. The fourth-order valence-corrected chi connectivity index (χ4v) is 0.986. The number of rotatable bonds is 3. The van der Waals surface area contributed by atoms with Crippen molar-refractivity contribution in [3.63, 3.8) is 0 Å². The monoisotopic (exact) mass is 125 g/mol. The van der Waals surface area contributed by atoms with Crippen molar-refractivity contribution in [2.24, 2.45) is 10.4 Å². The molecule has 1 aliphatic rings. The van der Waals surface area contributed by atoms with Crippen molar-refractivity contribution >= 4 is 12.5 Å². The molecule has 0 aromatic rings. The average Bonchev–Trinajstić information content (AvgIpc) is 2.49. The molecule has 0 N–H and O–H groups in total. The molecule has 2 nitrogen and oxygen atoms in total. The van der Waals surface area contributed by atoms with Crippen molar-refractivity contribution < 1.29 is 4.79 Å². The highest BCUT2D eigenvalue weighted by Gasteiger charge is 2.46. The molecule has 50 valence electrons. The Hall–Kier alpha value is -0.660. The molecular weight excluding hydrogens is 114 g/mol. The lowest BCUT2D eigenvalue weighted by molar-refractivity contribution is -0.121. The van der Waals surface area contributed by atoms with Gasteiger partial charge in [0.05, 0.1) is 6.54 Å². The quantitative estimate of drug-likeness (QED) is 0.518. The van der Waals surface area contributed by atoms with Crippen LogP contribution in [-0.4, -0.2) is 19.0 Å². The van der Waals surface area contributed by atoms with Crippen LogP contribution in [0.4, 0.5) is 0 Å². The van der Waals surface area contributed by atoms with Gasteiger partial charge in [-0.3, -0.25) is 9.79 Å². The van der Waals surface area contributed by atoms with Gasteiger partial charge in [0.2, 0.25) is 0 Å². The van der Waals surface area contributed by atoms with E-state index in [9.17, 15) is 4.79 Å². The van der Waals surface area contributed by atoms with Crippen LogP contribution in [0.15, 0.2) is 4.99 Å². The van der Waals surface area contributed by atoms with Gasteiger partial charge in [0.15, 0.2) is 0 Å². The highest BCUT2D eigenvalue weighted by Crippen LogP contribution is 2.46. The van der Waals surface area contributed by atoms with Gasteiger partial charge in [-0.2, -0.15) is 0 Å². The van der Waals surface area contributed by atoms with Crippen LogP contribution in [0.2, 0.25) is 0 Å². The van der Waals surface area contributed by atoms with Gasteiger partial charge in [0, 0.05) is 5.41 Å². The second-order valence-corrected chi connectivity index (χ2v) is 2.72. The number of hydrogen-bond acceptors (Lipinski definition) is 2. The van der Waals surface area contributed by atoms with Crippen molar-refractivity contribution in [2.75, 3.05) is 6.54 Å². The van der Waals surface area contributed by atoms with Crippen LogP contribution in [0.3, 0.4) is 0 Å². The van der Waals surface area contributed by atoms with Crippen LogP contribution >= 0.6 is 0 Å². The zero-order valence-corrected chi connectivity index (χ0v) is 5.68. The first kappa shape index (κ1) is 6.46. The zero-order chi connectivity index (χ0) is 6.91. The van der Waals surface area contributed by atoms with E-state index in [4.69, 9.17) is 0 Å².